The van der Waals surface area contributed by atoms with E-state index in [1.165, 1.54) is 12.8 Å². The van der Waals surface area contributed by atoms with Gasteiger partial charge in [-0.15, -0.1) is 0 Å². The minimum Gasteiger partial charge on any atom is -0.339 e. The second kappa shape index (κ2) is 8.68. The molecule has 2 amide bonds. The van der Waals surface area contributed by atoms with Crippen LogP contribution in [0.4, 0.5) is 0 Å². The maximum absolute atomic E-state index is 12.5. The van der Waals surface area contributed by atoms with Gasteiger partial charge in [0.25, 0.3) is 5.91 Å². The van der Waals surface area contributed by atoms with Crippen LogP contribution in [0.2, 0.25) is 5.02 Å². The minimum absolute atomic E-state index is 0.0125. The van der Waals surface area contributed by atoms with Crippen molar-refractivity contribution >= 4 is 23.4 Å². The molecule has 1 N–H and O–H groups in total. The Bertz CT molecular complexity index is 591. The quantitative estimate of drug-likeness (QED) is 0.893. The third kappa shape index (κ3) is 4.95. The Morgan fingerprint density at radius 1 is 1.00 bits per heavy atom. The van der Waals surface area contributed by atoms with Crippen LogP contribution in [-0.2, 0) is 4.79 Å². The monoisotopic (exact) mass is 363 g/mol. The molecule has 136 valence electrons. The number of carbonyl (C=O) groups excluding carboxylic acids is 2. The van der Waals surface area contributed by atoms with Crippen molar-refractivity contribution < 1.29 is 9.59 Å². The van der Waals surface area contributed by atoms with Crippen molar-refractivity contribution in [1.82, 2.24) is 15.1 Å². The van der Waals surface area contributed by atoms with E-state index in [1.807, 2.05) is 9.80 Å². The number of hydrogen-bond acceptors (Lipinski definition) is 3. The van der Waals surface area contributed by atoms with Crippen molar-refractivity contribution in [2.75, 3.05) is 39.3 Å². The second-order valence-electron chi connectivity index (χ2n) is 6.91. The summed E-state index contributed by atoms with van der Waals surface area (Å²) in [7, 11) is 0. The summed E-state index contributed by atoms with van der Waals surface area (Å²) in [4.78, 5) is 28.6. The zero-order valence-electron chi connectivity index (χ0n) is 14.5. The Morgan fingerprint density at radius 2 is 1.60 bits per heavy atom. The smallest absolute Gasteiger partial charge is 0.253 e. The van der Waals surface area contributed by atoms with E-state index in [2.05, 4.69) is 5.32 Å². The molecule has 25 heavy (non-hydrogen) atoms. The molecule has 0 aromatic heterocycles. The van der Waals surface area contributed by atoms with E-state index >= 15 is 0 Å². The number of benzene rings is 1. The van der Waals surface area contributed by atoms with E-state index in [1.54, 1.807) is 24.3 Å². The number of nitrogens with one attached hydrogen (secondary N) is 1. The third-order valence-electron chi connectivity index (χ3n) is 5.24. The highest BCUT2D eigenvalue weighted by Crippen LogP contribution is 2.19. The number of amides is 2. The molecule has 2 fully saturated rings. The Morgan fingerprint density at radius 3 is 2.24 bits per heavy atom. The predicted molar refractivity (Wildman–Crippen MR) is 98.8 cm³/mol. The van der Waals surface area contributed by atoms with Gasteiger partial charge in [0.05, 0.1) is 0 Å². The second-order valence-corrected chi connectivity index (χ2v) is 7.35. The van der Waals surface area contributed by atoms with Crippen molar-refractivity contribution in [3.63, 3.8) is 0 Å². The highest BCUT2D eigenvalue weighted by Gasteiger charge is 2.25. The van der Waals surface area contributed by atoms with Crippen LogP contribution in [0.3, 0.4) is 0 Å². The van der Waals surface area contributed by atoms with Crippen molar-refractivity contribution in [3.8, 4) is 0 Å². The van der Waals surface area contributed by atoms with E-state index in [0.717, 1.165) is 19.5 Å². The van der Waals surface area contributed by atoms with Gasteiger partial charge in [0.1, 0.15) is 0 Å². The zero-order valence-corrected chi connectivity index (χ0v) is 15.3. The molecule has 2 aliphatic heterocycles. The van der Waals surface area contributed by atoms with Gasteiger partial charge in [0.15, 0.2) is 0 Å². The standard InChI is InChI=1S/C19H26ClN3O2/c20-17-4-2-16(3-5-17)19(25)23-13-11-22(12-14-23)18(24)6-1-15-7-9-21-10-8-15/h2-5,15,21H,1,6-14H2. The molecule has 1 aromatic carbocycles. The molecule has 0 unspecified atom stereocenters. The van der Waals surface area contributed by atoms with Gasteiger partial charge >= 0.3 is 0 Å². The lowest BCUT2D eigenvalue weighted by atomic mass is 9.93. The van der Waals surface area contributed by atoms with E-state index < -0.39 is 0 Å². The van der Waals surface area contributed by atoms with Crippen molar-refractivity contribution in [2.24, 2.45) is 5.92 Å². The molecule has 2 saturated heterocycles. The maximum Gasteiger partial charge on any atom is 0.253 e. The average molecular weight is 364 g/mol. The molecule has 0 saturated carbocycles. The number of halogens is 1. The molecule has 2 heterocycles. The number of carbonyl (C=O) groups is 2. The Hall–Kier alpha value is -1.59. The predicted octanol–water partition coefficient (Wildman–Crippen LogP) is 2.40. The third-order valence-corrected chi connectivity index (χ3v) is 5.49. The summed E-state index contributed by atoms with van der Waals surface area (Å²) in [6.45, 7) is 4.60. The molecule has 1 aromatic rings. The van der Waals surface area contributed by atoms with Crippen LogP contribution in [0.5, 0.6) is 0 Å². The van der Waals surface area contributed by atoms with Crippen molar-refractivity contribution in [1.29, 1.82) is 0 Å². The van der Waals surface area contributed by atoms with Crippen LogP contribution < -0.4 is 5.32 Å². The number of nitrogens with zero attached hydrogens (tertiary/aromatic N) is 2. The summed E-state index contributed by atoms with van der Waals surface area (Å²) in [6, 6.07) is 6.97. The first-order valence-corrected chi connectivity index (χ1v) is 9.54. The van der Waals surface area contributed by atoms with Crippen LogP contribution in [0.25, 0.3) is 0 Å². The van der Waals surface area contributed by atoms with Gasteiger partial charge in [-0.1, -0.05) is 11.6 Å². The lowest BCUT2D eigenvalue weighted by Gasteiger charge is -2.35. The molecule has 0 bridgehead atoms. The molecule has 0 atom stereocenters. The summed E-state index contributed by atoms with van der Waals surface area (Å²) >= 11 is 5.87. The first kappa shape index (κ1) is 18.2. The van der Waals surface area contributed by atoms with Crippen LogP contribution in [0, 0.1) is 5.92 Å². The van der Waals surface area contributed by atoms with Gasteiger partial charge in [-0.05, 0) is 62.5 Å². The molecular formula is C19H26ClN3O2. The number of hydrogen-bond donors (Lipinski definition) is 1. The van der Waals surface area contributed by atoms with E-state index in [0.29, 0.717) is 49.1 Å². The van der Waals surface area contributed by atoms with Gasteiger partial charge in [0.2, 0.25) is 5.91 Å². The Labute approximate surface area is 154 Å². The van der Waals surface area contributed by atoms with Gasteiger partial charge in [-0.2, -0.15) is 0 Å². The van der Waals surface area contributed by atoms with E-state index in [4.69, 9.17) is 11.6 Å². The van der Waals surface area contributed by atoms with E-state index in [-0.39, 0.29) is 11.8 Å². The van der Waals surface area contributed by atoms with Gasteiger partial charge < -0.3 is 15.1 Å². The fourth-order valence-corrected chi connectivity index (χ4v) is 3.72. The van der Waals surface area contributed by atoms with Crippen molar-refractivity contribution in [2.45, 2.75) is 25.7 Å². The highest BCUT2D eigenvalue weighted by molar-refractivity contribution is 6.30. The Kier molecular flexibility index (Phi) is 6.32. The van der Waals surface area contributed by atoms with Gasteiger partial charge in [0, 0.05) is 43.2 Å². The molecular weight excluding hydrogens is 338 g/mol. The average Bonchev–Trinajstić information content (AvgIpc) is 2.67. The molecule has 0 aliphatic carbocycles. The SMILES string of the molecule is O=C(CCC1CCNCC1)N1CCN(C(=O)c2ccc(Cl)cc2)CC1. The van der Waals surface area contributed by atoms with Crippen molar-refractivity contribution in [3.05, 3.63) is 34.9 Å². The lowest BCUT2D eigenvalue weighted by molar-refractivity contribution is -0.133. The van der Waals surface area contributed by atoms with E-state index in [9.17, 15) is 9.59 Å². The zero-order chi connectivity index (χ0) is 17.6. The summed E-state index contributed by atoms with van der Waals surface area (Å²) in [6.07, 6.45) is 3.98. The fraction of sp³-hybridized carbons (Fsp3) is 0.579. The first-order chi connectivity index (χ1) is 12.1. The van der Waals surface area contributed by atoms with Crippen LogP contribution >= 0.6 is 11.6 Å². The van der Waals surface area contributed by atoms with Crippen LogP contribution in [0.1, 0.15) is 36.0 Å². The molecule has 5 nitrogen and oxygen atoms in total. The van der Waals surface area contributed by atoms with Gasteiger partial charge in [-0.3, -0.25) is 9.59 Å². The summed E-state index contributed by atoms with van der Waals surface area (Å²) < 4.78 is 0. The first-order valence-electron chi connectivity index (χ1n) is 9.17. The maximum atomic E-state index is 12.5. The van der Waals surface area contributed by atoms with Crippen LogP contribution in [0.15, 0.2) is 24.3 Å². The molecule has 2 aliphatic rings. The molecule has 3 rings (SSSR count). The number of piperidine rings is 1. The minimum atomic E-state index is 0.0125. The highest BCUT2D eigenvalue weighted by atomic mass is 35.5. The largest absolute Gasteiger partial charge is 0.339 e. The Balaban J connectivity index is 1.43. The summed E-state index contributed by atoms with van der Waals surface area (Å²) in [5.74, 6) is 0.925. The summed E-state index contributed by atoms with van der Waals surface area (Å²) in [5, 5.41) is 3.98. The normalized spacial score (nSPS) is 19.1. The van der Waals surface area contributed by atoms with Crippen LogP contribution in [-0.4, -0.2) is 60.9 Å². The molecule has 0 radical (unpaired) electrons. The lowest BCUT2D eigenvalue weighted by Crippen LogP contribution is -2.50. The molecule has 6 heteroatoms. The number of rotatable bonds is 4. The molecule has 0 spiro atoms. The fourth-order valence-electron chi connectivity index (χ4n) is 3.59. The van der Waals surface area contributed by atoms with Gasteiger partial charge in [-0.25, -0.2) is 0 Å². The summed E-state index contributed by atoms with van der Waals surface area (Å²) in [5.41, 5.74) is 0.648. The topological polar surface area (TPSA) is 52.7 Å². The number of piperazine rings is 1.